The van der Waals surface area contributed by atoms with Crippen LogP contribution >= 0.6 is 0 Å². The van der Waals surface area contributed by atoms with Crippen molar-refractivity contribution < 1.29 is 9.59 Å². The molecule has 1 aliphatic heterocycles. The first-order valence-corrected chi connectivity index (χ1v) is 12.0. The molecule has 1 aromatic carbocycles. The molecule has 3 rings (SSSR count). The van der Waals surface area contributed by atoms with Gasteiger partial charge in [0.2, 0.25) is 11.8 Å². The van der Waals surface area contributed by atoms with Gasteiger partial charge in [0.1, 0.15) is 5.82 Å². The number of nitrogens with two attached hydrogens (primary N) is 1. The van der Waals surface area contributed by atoms with E-state index in [1.165, 1.54) is 9.47 Å². The minimum Gasteiger partial charge on any atom is -0.383 e. The summed E-state index contributed by atoms with van der Waals surface area (Å²) in [5, 5.41) is 0. The van der Waals surface area contributed by atoms with Crippen LogP contribution in [0.3, 0.4) is 0 Å². The Hall–Kier alpha value is -3.36. The molecule has 9 heteroatoms. The Kier molecular flexibility index (Phi) is 8.31. The summed E-state index contributed by atoms with van der Waals surface area (Å²) in [6.07, 6.45) is 2.28. The molecule has 0 radical (unpaired) electrons. The summed E-state index contributed by atoms with van der Waals surface area (Å²) in [4.78, 5) is 56.9. The van der Waals surface area contributed by atoms with Crippen molar-refractivity contribution in [2.75, 3.05) is 23.7 Å². The van der Waals surface area contributed by atoms with Crippen molar-refractivity contribution >= 4 is 23.3 Å². The number of amides is 2. The maximum Gasteiger partial charge on any atom is 0.330 e. The van der Waals surface area contributed by atoms with Crippen LogP contribution in [0.25, 0.3) is 0 Å². The molecular formula is C25H35N5O4. The van der Waals surface area contributed by atoms with Gasteiger partial charge in [-0.2, -0.15) is 0 Å². The largest absolute Gasteiger partial charge is 0.383 e. The summed E-state index contributed by atoms with van der Waals surface area (Å²) in [6.45, 7) is 7.38. The zero-order valence-electron chi connectivity index (χ0n) is 20.3. The average molecular weight is 470 g/mol. The molecule has 2 amide bonds. The molecule has 34 heavy (non-hydrogen) atoms. The fourth-order valence-electron chi connectivity index (χ4n) is 4.21. The Bertz CT molecular complexity index is 1120. The predicted molar refractivity (Wildman–Crippen MR) is 132 cm³/mol. The molecule has 1 saturated heterocycles. The molecule has 1 atom stereocenters. The first kappa shape index (κ1) is 25.3. The molecular weight excluding hydrogens is 434 g/mol. The number of hydrogen-bond acceptors (Lipinski definition) is 5. The van der Waals surface area contributed by atoms with E-state index in [9.17, 15) is 19.2 Å². The van der Waals surface area contributed by atoms with E-state index in [2.05, 4.69) is 4.98 Å². The summed E-state index contributed by atoms with van der Waals surface area (Å²) in [6, 6.07) is 9.62. The van der Waals surface area contributed by atoms with Gasteiger partial charge in [0.05, 0.1) is 5.92 Å². The number of unbranched alkanes of at least 4 members (excludes halogenated alkanes) is 1. The third-order valence-corrected chi connectivity index (χ3v) is 6.20. The zero-order valence-corrected chi connectivity index (χ0v) is 20.3. The van der Waals surface area contributed by atoms with Crippen LogP contribution < -0.4 is 21.9 Å². The number of aromatic amines is 1. The summed E-state index contributed by atoms with van der Waals surface area (Å²) in [5.41, 5.74) is 6.02. The quantitative estimate of drug-likeness (QED) is 0.553. The lowest BCUT2D eigenvalue weighted by Crippen LogP contribution is -2.44. The second-order valence-electron chi connectivity index (χ2n) is 9.33. The Morgan fingerprint density at radius 3 is 2.56 bits per heavy atom. The van der Waals surface area contributed by atoms with Crippen LogP contribution in [0.4, 0.5) is 11.5 Å². The Morgan fingerprint density at radius 2 is 1.91 bits per heavy atom. The lowest BCUT2D eigenvalue weighted by molar-refractivity contribution is -0.128. The standard InChI is InChI=1S/C25H35N5O4/c1-4-5-12-30-22(26)21(23(32)27-25(30)34)29(13-11-17(2)3)24(33)19-14-20(31)28(16-19)15-18-9-7-6-8-10-18/h6-10,17,19H,4-5,11-16,26H2,1-3H3,(H,27,32,34). The molecule has 1 unspecified atom stereocenters. The molecule has 9 nitrogen and oxygen atoms in total. The van der Waals surface area contributed by atoms with Gasteiger partial charge >= 0.3 is 5.69 Å². The number of aromatic nitrogens is 2. The minimum atomic E-state index is -0.683. The van der Waals surface area contributed by atoms with Crippen LogP contribution in [0.5, 0.6) is 0 Å². The molecule has 0 aliphatic carbocycles. The number of likely N-dealkylation sites (tertiary alicyclic amines) is 1. The lowest BCUT2D eigenvalue weighted by Gasteiger charge is -2.27. The van der Waals surface area contributed by atoms with Gasteiger partial charge in [-0.15, -0.1) is 0 Å². The van der Waals surface area contributed by atoms with E-state index in [0.29, 0.717) is 25.9 Å². The van der Waals surface area contributed by atoms with Crippen molar-refractivity contribution in [2.24, 2.45) is 11.8 Å². The van der Waals surface area contributed by atoms with E-state index in [4.69, 9.17) is 5.73 Å². The Labute approximate surface area is 199 Å². The van der Waals surface area contributed by atoms with E-state index in [1.54, 1.807) is 4.90 Å². The smallest absolute Gasteiger partial charge is 0.330 e. The minimum absolute atomic E-state index is 0.00434. The van der Waals surface area contributed by atoms with Gasteiger partial charge in [-0.05, 0) is 24.3 Å². The van der Waals surface area contributed by atoms with Crippen LogP contribution in [0, 0.1) is 11.8 Å². The number of carbonyl (C=O) groups excluding carboxylic acids is 2. The Balaban J connectivity index is 1.91. The lowest BCUT2D eigenvalue weighted by atomic mass is 10.0. The third-order valence-electron chi connectivity index (χ3n) is 6.20. The fraction of sp³-hybridized carbons (Fsp3) is 0.520. The van der Waals surface area contributed by atoms with Crippen LogP contribution in [0.1, 0.15) is 52.0 Å². The van der Waals surface area contributed by atoms with Gasteiger partial charge in [0.15, 0.2) is 5.69 Å². The number of anilines is 2. The SMILES string of the molecule is CCCCn1c(N)c(N(CCC(C)C)C(=O)C2CC(=O)N(Cc3ccccc3)C2)c(=O)[nH]c1=O. The Morgan fingerprint density at radius 1 is 1.21 bits per heavy atom. The van der Waals surface area contributed by atoms with Crippen molar-refractivity contribution in [1.82, 2.24) is 14.5 Å². The molecule has 3 N–H and O–H groups in total. The fourth-order valence-corrected chi connectivity index (χ4v) is 4.21. The van der Waals surface area contributed by atoms with Gasteiger partial charge in [0, 0.05) is 32.6 Å². The van der Waals surface area contributed by atoms with Crippen molar-refractivity contribution in [3.05, 3.63) is 56.7 Å². The number of hydrogen-bond donors (Lipinski definition) is 2. The van der Waals surface area contributed by atoms with Gasteiger partial charge in [-0.3, -0.25) is 23.9 Å². The molecule has 0 spiro atoms. The van der Waals surface area contributed by atoms with Gasteiger partial charge < -0.3 is 15.5 Å². The second-order valence-corrected chi connectivity index (χ2v) is 9.33. The third kappa shape index (κ3) is 5.76. The number of rotatable bonds is 10. The van der Waals surface area contributed by atoms with E-state index in [-0.39, 0.29) is 48.7 Å². The molecule has 2 aromatic rings. The normalized spacial score (nSPS) is 15.8. The van der Waals surface area contributed by atoms with Crippen LogP contribution in [-0.2, 0) is 22.7 Å². The number of nitrogens with zero attached hydrogens (tertiary/aromatic N) is 3. The van der Waals surface area contributed by atoms with E-state index >= 15 is 0 Å². The van der Waals surface area contributed by atoms with Crippen molar-refractivity contribution in [3.63, 3.8) is 0 Å². The van der Waals surface area contributed by atoms with Crippen LogP contribution in [0.2, 0.25) is 0 Å². The summed E-state index contributed by atoms with van der Waals surface area (Å²) >= 11 is 0. The zero-order chi connectivity index (χ0) is 24.8. The van der Waals surface area contributed by atoms with Crippen LogP contribution in [-0.4, -0.2) is 39.4 Å². The van der Waals surface area contributed by atoms with Crippen molar-refractivity contribution in [3.8, 4) is 0 Å². The maximum atomic E-state index is 13.7. The summed E-state index contributed by atoms with van der Waals surface area (Å²) in [7, 11) is 0. The summed E-state index contributed by atoms with van der Waals surface area (Å²) in [5.74, 6) is -0.729. The second kappa shape index (κ2) is 11.2. The maximum absolute atomic E-state index is 13.7. The molecule has 0 bridgehead atoms. The van der Waals surface area contributed by atoms with Gasteiger partial charge in [-0.25, -0.2) is 4.79 Å². The molecule has 2 heterocycles. The molecule has 1 aliphatic rings. The summed E-state index contributed by atoms with van der Waals surface area (Å²) < 4.78 is 1.32. The first-order chi connectivity index (χ1) is 16.2. The number of nitrogen functional groups attached to an aromatic ring is 1. The monoisotopic (exact) mass is 469 g/mol. The highest BCUT2D eigenvalue weighted by Gasteiger charge is 2.38. The van der Waals surface area contributed by atoms with E-state index in [1.807, 2.05) is 51.1 Å². The molecule has 1 fully saturated rings. The highest BCUT2D eigenvalue weighted by molar-refractivity contribution is 6.00. The van der Waals surface area contributed by atoms with E-state index < -0.39 is 17.2 Å². The number of carbonyl (C=O) groups is 2. The number of H-pyrrole nitrogens is 1. The first-order valence-electron chi connectivity index (χ1n) is 12.0. The van der Waals surface area contributed by atoms with Crippen molar-refractivity contribution in [1.29, 1.82) is 0 Å². The predicted octanol–water partition coefficient (Wildman–Crippen LogP) is 2.35. The van der Waals surface area contributed by atoms with Gasteiger partial charge in [-0.1, -0.05) is 57.5 Å². The van der Waals surface area contributed by atoms with Crippen molar-refractivity contribution in [2.45, 2.75) is 59.5 Å². The van der Waals surface area contributed by atoms with E-state index in [0.717, 1.165) is 12.0 Å². The van der Waals surface area contributed by atoms with Crippen LogP contribution in [0.15, 0.2) is 39.9 Å². The molecule has 0 saturated carbocycles. The highest BCUT2D eigenvalue weighted by atomic mass is 16.2. The highest BCUT2D eigenvalue weighted by Crippen LogP contribution is 2.26. The molecule has 1 aromatic heterocycles. The molecule has 184 valence electrons. The average Bonchev–Trinajstić information content (AvgIpc) is 3.16. The number of nitrogens with one attached hydrogen (secondary N) is 1. The number of benzene rings is 1. The topological polar surface area (TPSA) is 121 Å². The van der Waals surface area contributed by atoms with Gasteiger partial charge in [0.25, 0.3) is 5.56 Å².